The molecule has 28 heavy (non-hydrogen) atoms. The number of carbonyl (C=O) groups excluding carboxylic acids is 2. The number of allylic oxidation sites excluding steroid dienone is 2. The number of benzene rings is 1. The van der Waals surface area contributed by atoms with Gasteiger partial charge in [-0.1, -0.05) is 18.2 Å². The number of ether oxygens (including phenoxy) is 3. The molecule has 0 amide bonds. The number of unbranched alkanes of at least 4 members (excludes halogenated alkanes) is 2. The van der Waals surface area contributed by atoms with E-state index in [1.54, 1.807) is 24.3 Å². The van der Waals surface area contributed by atoms with Gasteiger partial charge in [-0.3, -0.25) is 4.79 Å². The molecule has 0 radical (unpaired) electrons. The Hall–Kier alpha value is -2.60. The molecule has 0 bridgehead atoms. The minimum atomic E-state index is -0.358. The molecule has 0 saturated carbocycles. The van der Waals surface area contributed by atoms with Crippen LogP contribution in [0.15, 0.2) is 48.1 Å². The fourth-order valence-corrected chi connectivity index (χ4v) is 2.37. The van der Waals surface area contributed by atoms with Crippen LogP contribution in [0.25, 0.3) is 0 Å². The van der Waals surface area contributed by atoms with Crippen LogP contribution in [0.3, 0.4) is 0 Å². The lowest BCUT2D eigenvalue weighted by atomic mass is 10.2. The van der Waals surface area contributed by atoms with Crippen LogP contribution in [-0.2, 0) is 14.3 Å². The topological polar surface area (TPSA) is 73.9 Å². The van der Waals surface area contributed by atoms with Crippen LogP contribution in [0, 0.1) is 0 Å². The maximum Gasteiger partial charge on any atom is 0.337 e. The Labute approximate surface area is 167 Å². The van der Waals surface area contributed by atoms with Gasteiger partial charge in [-0.2, -0.15) is 0 Å². The molecule has 0 heterocycles. The molecular formula is C22H31NO5. The first-order valence-electron chi connectivity index (χ1n) is 9.56. The summed E-state index contributed by atoms with van der Waals surface area (Å²) in [4.78, 5) is 23.0. The van der Waals surface area contributed by atoms with Gasteiger partial charge >= 0.3 is 11.9 Å². The average molecular weight is 389 g/mol. The monoisotopic (exact) mass is 389 g/mol. The number of esters is 2. The molecule has 6 heteroatoms. The van der Waals surface area contributed by atoms with Gasteiger partial charge < -0.3 is 19.5 Å². The molecule has 1 aromatic carbocycles. The molecular weight excluding hydrogens is 358 g/mol. The van der Waals surface area contributed by atoms with E-state index in [0.717, 1.165) is 37.1 Å². The van der Waals surface area contributed by atoms with E-state index in [-0.39, 0.29) is 18.5 Å². The third kappa shape index (κ3) is 9.92. The fraction of sp³-hybridized carbons (Fsp3) is 0.455. The smallest absolute Gasteiger partial charge is 0.337 e. The second-order valence-electron chi connectivity index (χ2n) is 6.13. The normalized spacial score (nSPS) is 11.5. The summed E-state index contributed by atoms with van der Waals surface area (Å²) in [6, 6.07) is 6.88. The quantitative estimate of drug-likeness (QED) is 0.315. The maximum absolute atomic E-state index is 11.7. The molecule has 0 aromatic heterocycles. The van der Waals surface area contributed by atoms with E-state index >= 15 is 0 Å². The van der Waals surface area contributed by atoms with Crippen LogP contribution in [0.5, 0.6) is 5.75 Å². The van der Waals surface area contributed by atoms with Gasteiger partial charge in [0.05, 0.1) is 25.8 Å². The average Bonchev–Trinajstić information content (AvgIpc) is 2.72. The highest BCUT2D eigenvalue weighted by molar-refractivity contribution is 5.89. The summed E-state index contributed by atoms with van der Waals surface area (Å²) in [6.45, 7) is 5.74. The summed E-state index contributed by atoms with van der Waals surface area (Å²) >= 11 is 0. The predicted octanol–water partition coefficient (Wildman–Crippen LogP) is 3.68. The summed E-state index contributed by atoms with van der Waals surface area (Å²) in [7, 11) is 1.36. The molecule has 0 aliphatic carbocycles. The largest absolute Gasteiger partial charge is 0.494 e. The molecule has 154 valence electrons. The molecule has 0 unspecified atom stereocenters. The molecule has 1 N–H and O–H groups in total. The minimum absolute atomic E-state index is 0.218. The van der Waals surface area contributed by atoms with Gasteiger partial charge in [0.2, 0.25) is 0 Å². The number of nitrogens with one attached hydrogen (secondary N) is 1. The van der Waals surface area contributed by atoms with Crippen molar-refractivity contribution in [3.63, 3.8) is 0 Å². The van der Waals surface area contributed by atoms with Crippen LogP contribution in [0.4, 0.5) is 0 Å². The van der Waals surface area contributed by atoms with Crippen LogP contribution in [0.1, 0.15) is 43.5 Å². The first-order chi connectivity index (χ1) is 13.6. The Balaban J connectivity index is 2.04. The summed E-state index contributed by atoms with van der Waals surface area (Å²) in [5.74, 6) is 0.123. The molecule has 0 fully saturated rings. The van der Waals surface area contributed by atoms with E-state index in [2.05, 4.69) is 10.1 Å². The zero-order valence-electron chi connectivity index (χ0n) is 17.0. The molecule has 0 aliphatic heterocycles. The molecule has 6 nitrogen and oxygen atoms in total. The van der Waals surface area contributed by atoms with Crippen molar-refractivity contribution < 1.29 is 23.8 Å². The van der Waals surface area contributed by atoms with Crippen molar-refractivity contribution in [2.24, 2.45) is 0 Å². The first kappa shape index (κ1) is 23.4. The number of carbonyl (C=O) groups is 2. The summed E-state index contributed by atoms with van der Waals surface area (Å²) in [6.07, 6.45) is 8.64. The van der Waals surface area contributed by atoms with Gasteiger partial charge in [0.1, 0.15) is 12.4 Å². The second-order valence-corrected chi connectivity index (χ2v) is 6.13. The zero-order chi connectivity index (χ0) is 20.6. The van der Waals surface area contributed by atoms with E-state index in [0.29, 0.717) is 18.8 Å². The molecule has 0 atom stereocenters. The van der Waals surface area contributed by atoms with Crippen molar-refractivity contribution >= 4 is 11.9 Å². The van der Waals surface area contributed by atoms with Crippen LogP contribution in [-0.4, -0.2) is 45.4 Å². The Morgan fingerprint density at radius 1 is 1.07 bits per heavy atom. The molecule has 1 rings (SSSR count). The van der Waals surface area contributed by atoms with Crippen molar-refractivity contribution in [1.29, 1.82) is 0 Å². The standard InChI is InChI=1S/C22H31NO5/c1-4-9-18(5-2)17-28-21(24)16-23-14-7-6-8-15-27-20-12-10-19(11-13-20)22(25)26-3/h4-5,9-13,23H,6-8,14-17H2,1-3H3/b9-4-,18-5+. The highest BCUT2D eigenvalue weighted by atomic mass is 16.5. The van der Waals surface area contributed by atoms with Crippen LogP contribution < -0.4 is 10.1 Å². The van der Waals surface area contributed by atoms with Gasteiger partial charge in [-0.25, -0.2) is 4.79 Å². The summed E-state index contributed by atoms with van der Waals surface area (Å²) in [5, 5.41) is 3.09. The zero-order valence-corrected chi connectivity index (χ0v) is 17.0. The van der Waals surface area contributed by atoms with Gasteiger partial charge in [-0.05, 0) is 69.5 Å². The highest BCUT2D eigenvalue weighted by Gasteiger charge is 2.05. The third-order valence-corrected chi connectivity index (χ3v) is 3.96. The van der Waals surface area contributed by atoms with E-state index in [9.17, 15) is 9.59 Å². The minimum Gasteiger partial charge on any atom is -0.494 e. The fourth-order valence-electron chi connectivity index (χ4n) is 2.37. The van der Waals surface area contributed by atoms with Crippen molar-refractivity contribution in [1.82, 2.24) is 5.32 Å². The van der Waals surface area contributed by atoms with Crippen LogP contribution in [0.2, 0.25) is 0 Å². The van der Waals surface area contributed by atoms with Crippen molar-refractivity contribution in [2.75, 3.05) is 33.4 Å². The summed E-state index contributed by atoms with van der Waals surface area (Å²) < 4.78 is 15.5. The van der Waals surface area contributed by atoms with E-state index < -0.39 is 0 Å². The first-order valence-corrected chi connectivity index (χ1v) is 9.56. The Morgan fingerprint density at radius 3 is 2.46 bits per heavy atom. The Bertz CT molecular complexity index is 649. The molecule has 0 aliphatic rings. The molecule has 1 aromatic rings. The van der Waals surface area contributed by atoms with E-state index in [1.165, 1.54) is 7.11 Å². The van der Waals surface area contributed by atoms with Gasteiger partial charge in [0, 0.05) is 0 Å². The Kier molecular flexibility index (Phi) is 12.1. The van der Waals surface area contributed by atoms with E-state index in [4.69, 9.17) is 9.47 Å². The Morgan fingerprint density at radius 2 is 1.82 bits per heavy atom. The van der Waals surface area contributed by atoms with E-state index in [1.807, 2.05) is 32.1 Å². The number of hydrogen-bond acceptors (Lipinski definition) is 6. The molecule has 0 spiro atoms. The van der Waals surface area contributed by atoms with Crippen LogP contribution >= 0.6 is 0 Å². The van der Waals surface area contributed by atoms with Crippen molar-refractivity contribution in [3.05, 3.63) is 53.6 Å². The lowest BCUT2D eigenvalue weighted by Crippen LogP contribution is -2.26. The van der Waals surface area contributed by atoms with Gasteiger partial charge in [-0.15, -0.1) is 0 Å². The number of hydrogen-bond donors (Lipinski definition) is 1. The van der Waals surface area contributed by atoms with Gasteiger partial charge in [0.15, 0.2) is 0 Å². The van der Waals surface area contributed by atoms with Gasteiger partial charge in [0.25, 0.3) is 0 Å². The SMILES string of the molecule is C/C=C\C(=C/C)COC(=O)CNCCCCCOc1ccc(C(=O)OC)cc1. The summed E-state index contributed by atoms with van der Waals surface area (Å²) in [5.41, 5.74) is 1.49. The molecule has 0 saturated heterocycles. The highest BCUT2D eigenvalue weighted by Crippen LogP contribution is 2.13. The third-order valence-electron chi connectivity index (χ3n) is 3.96. The number of rotatable bonds is 13. The predicted molar refractivity (Wildman–Crippen MR) is 110 cm³/mol. The number of methoxy groups -OCH3 is 1. The maximum atomic E-state index is 11.7. The van der Waals surface area contributed by atoms with Crippen molar-refractivity contribution in [3.8, 4) is 5.75 Å². The lowest BCUT2D eigenvalue weighted by molar-refractivity contribution is -0.141. The lowest BCUT2D eigenvalue weighted by Gasteiger charge is -2.08. The second kappa shape index (κ2) is 14.5. The van der Waals surface area contributed by atoms with Crippen molar-refractivity contribution in [2.45, 2.75) is 33.1 Å².